The Kier molecular flexibility index (Phi) is 2.23. The molecule has 1 aliphatic rings. The lowest BCUT2D eigenvalue weighted by Gasteiger charge is -1.95. The number of rotatable bonds is 1. The van der Waals surface area contributed by atoms with Crippen molar-refractivity contribution in [2.45, 2.75) is 6.42 Å². The van der Waals surface area contributed by atoms with Crippen LogP contribution in [0.1, 0.15) is 21.7 Å². The largest absolute Gasteiger partial charge is 0.294 e. The second-order valence-electron chi connectivity index (χ2n) is 3.74. The van der Waals surface area contributed by atoms with E-state index in [1.165, 1.54) is 0 Å². The maximum atomic E-state index is 11.6. The molecule has 0 unspecified atom stereocenters. The minimum Gasteiger partial charge on any atom is -0.294 e. The molecule has 0 saturated carbocycles. The number of hydrogen-bond donors (Lipinski definition) is 0. The van der Waals surface area contributed by atoms with Crippen LogP contribution in [0.4, 0.5) is 0 Å². The van der Waals surface area contributed by atoms with Crippen molar-refractivity contribution in [3.8, 4) is 10.4 Å². The van der Waals surface area contributed by atoms with Crippen molar-refractivity contribution < 1.29 is 4.79 Å². The number of fused-ring (bicyclic) bond motifs is 1. The zero-order valence-electron chi connectivity index (χ0n) is 8.40. The summed E-state index contributed by atoms with van der Waals surface area (Å²) in [5.74, 6) is 0.165. The molecule has 2 aromatic rings. The van der Waals surface area contributed by atoms with Crippen molar-refractivity contribution in [1.82, 2.24) is 0 Å². The Morgan fingerprint density at radius 3 is 2.62 bits per heavy atom. The standard InChI is InChI=1S/C13H8OS2/c14-10-7-11(15)13-9(10)6-12(16-13)8-4-2-1-3-5-8/h1-6H,7H2. The van der Waals surface area contributed by atoms with E-state index in [1.54, 1.807) is 11.3 Å². The van der Waals surface area contributed by atoms with Crippen LogP contribution < -0.4 is 0 Å². The van der Waals surface area contributed by atoms with E-state index in [0.29, 0.717) is 6.42 Å². The van der Waals surface area contributed by atoms with Crippen LogP contribution in [0.15, 0.2) is 36.4 Å². The molecule has 0 N–H and O–H groups in total. The number of Topliss-reactive ketones (excluding diaryl/α,β-unsaturated/α-hetero) is 1. The maximum Gasteiger partial charge on any atom is 0.169 e. The topological polar surface area (TPSA) is 17.1 Å². The van der Waals surface area contributed by atoms with Crippen molar-refractivity contribution >= 4 is 34.2 Å². The zero-order valence-corrected chi connectivity index (χ0v) is 10.0. The fraction of sp³-hybridized carbons (Fsp3) is 0.0769. The Morgan fingerprint density at radius 1 is 1.19 bits per heavy atom. The first-order valence-electron chi connectivity index (χ1n) is 5.01. The van der Waals surface area contributed by atoms with E-state index < -0.39 is 0 Å². The molecule has 1 aliphatic carbocycles. The molecular formula is C13H8OS2. The molecule has 0 amide bonds. The SMILES string of the molecule is O=C1CC(=S)c2sc(-c3ccccc3)cc21. The van der Waals surface area contributed by atoms with Crippen LogP contribution in [0.25, 0.3) is 10.4 Å². The highest BCUT2D eigenvalue weighted by Gasteiger charge is 2.27. The Morgan fingerprint density at radius 2 is 1.94 bits per heavy atom. The monoisotopic (exact) mass is 244 g/mol. The van der Waals surface area contributed by atoms with Crippen molar-refractivity contribution in [2.75, 3.05) is 0 Å². The van der Waals surface area contributed by atoms with Crippen LogP contribution >= 0.6 is 23.6 Å². The highest BCUT2D eigenvalue weighted by atomic mass is 32.1. The molecule has 0 spiro atoms. The van der Waals surface area contributed by atoms with E-state index in [2.05, 4.69) is 12.1 Å². The predicted molar refractivity (Wildman–Crippen MR) is 70.4 cm³/mol. The third-order valence-corrected chi connectivity index (χ3v) is 4.39. The molecule has 0 saturated heterocycles. The summed E-state index contributed by atoms with van der Waals surface area (Å²) < 4.78 is 0. The molecule has 0 radical (unpaired) electrons. The fourth-order valence-electron chi connectivity index (χ4n) is 1.87. The van der Waals surface area contributed by atoms with E-state index in [1.807, 2.05) is 24.3 Å². The van der Waals surface area contributed by atoms with Gasteiger partial charge in [-0.15, -0.1) is 11.3 Å². The lowest BCUT2D eigenvalue weighted by molar-refractivity contribution is 0.101. The molecule has 16 heavy (non-hydrogen) atoms. The Labute approximate surface area is 103 Å². The summed E-state index contributed by atoms with van der Waals surface area (Å²) in [6, 6.07) is 12.1. The van der Waals surface area contributed by atoms with E-state index in [0.717, 1.165) is 25.7 Å². The molecular weight excluding hydrogens is 236 g/mol. The quantitative estimate of drug-likeness (QED) is 0.711. The molecule has 1 heterocycles. The normalized spacial score (nSPS) is 14.2. The van der Waals surface area contributed by atoms with Gasteiger partial charge in [0.15, 0.2) is 5.78 Å². The summed E-state index contributed by atoms with van der Waals surface area (Å²) in [5, 5.41) is 0. The molecule has 0 aliphatic heterocycles. The van der Waals surface area contributed by atoms with Crippen molar-refractivity contribution in [3.05, 3.63) is 46.8 Å². The van der Waals surface area contributed by atoms with Crippen LogP contribution in [0.2, 0.25) is 0 Å². The lowest BCUT2D eigenvalue weighted by atomic mass is 10.1. The number of carbonyl (C=O) groups excluding carboxylic acids is 1. The zero-order chi connectivity index (χ0) is 11.1. The third-order valence-electron chi connectivity index (χ3n) is 2.67. The number of hydrogen-bond acceptors (Lipinski definition) is 3. The summed E-state index contributed by atoms with van der Waals surface area (Å²) >= 11 is 6.83. The molecule has 3 rings (SSSR count). The van der Waals surface area contributed by atoms with Gasteiger partial charge in [0, 0.05) is 21.7 Å². The Hall–Kier alpha value is -1.32. The van der Waals surface area contributed by atoms with Crippen LogP contribution in [0.3, 0.4) is 0 Å². The average molecular weight is 244 g/mol. The smallest absolute Gasteiger partial charge is 0.169 e. The maximum absolute atomic E-state index is 11.6. The third kappa shape index (κ3) is 1.44. The van der Waals surface area contributed by atoms with E-state index in [-0.39, 0.29) is 5.78 Å². The van der Waals surface area contributed by atoms with E-state index in [4.69, 9.17) is 12.2 Å². The van der Waals surface area contributed by atoms with Crippen LogP contribution in [-0.2, 0) is 0 Å². The lowest BCUT2D eigenvalue weighted by Crippen LogP contribution is -1.91. The minimum atomic E-state index is 0.165. The van der Waals surface area contributed by atoms with Gasteiger partial charge in [-0.05, 0) is 11.6 Å². The van der Waals surface area contributed by atoms with Gasteiger partial charge in [0.25, 0.3) is 0 Å². The van der Waals surface area contributed by atoms with Gasteiger partial charge in [0.05, 0.1) is 4.88 Å². The van der Waals surface area contributed by atoms with Gasteiger partial charge in [-0.2, -0.15) is 0 Å². The van der Waals surface area contributed by atoms with Gasteiger partial charge in [0.1, 0.15) is 0 Å². The number of ketones is 1. The summed E-state index contributed by atoms with van der Waals surface area (Å²) in [5.41, 5.74) is 1.96. The molecule has 3 heteroatoms. The molecule has 1 nitrogen and oxygen atoms in total. The fourth-order valence-corrected chi connectivity index (χ4v) is 3.36. The summed E-state index contributed by atoms with van der Waals surface area (Å²) in [6.45, 7) is 0. The first-order valence-corrected chi connectivity index (χ1v) is 6.24. The van der Waals surface area contributed by atoms with Gasteiger partial charge in [-0.25, -0.2) is 0 Å². The van der Waals surface area contributed by atoms with Gasteiger partial charge < -0.3 is 0 Å². The highest BCUT2D eigenvalue weighted by Crippen LogP contribution is 2.36. The van der Waals surface area contributed by atoms with E-state index in [9.17, 15) is 4.79 Å². The average Bonchev–Trinajstić information content (AvgIpc) is 2.83. The first-order chi connectivity index (χ1) is 7.75. The van der Waals surface area contributed by atoms with Gasteiger partial charge in [0.2, 0.25) is 0 Å². The van der Waals surface area contributed by atoms with Crippen molar-refractivity contribution in [2.24, 2.45) is 0 Å². The highest BCUT2D eigenvalue weighted by molar-refractivity contribution is 7.81. The summed E-state index contributed by atoms with van der Waals surface area (Å²) in [7, 11) is 0. The summed E-state index contributed by atoms with van der Waals surface area (Å²) in [4.78, 5) is 14.6. The second-order valence-corrected chi connectivity index (χ2v) is 5.29. The second kappa shape index (κ2) is 3.61. The van der Waals surface area contributed by atoms with E-state index >= 15 is 0 Å². The number of thiophene rings is 1. The van der Waals surface area contributed by atoms with Crippen LogP contribution in [0.5, 0.6) is 0 Å². The van der Waals surface area contributed by atoms with Gasteiger partial charge in [-0.3, -0.25) is 4.79 Å². The Balaban J connectivity index is 2.14. The molecule has 0 bridgehead atoms. The number of carbonyl (C=O) groups is 1. The molecule has 0 atom stereocenters. The molecule has 1 aromatic carbocycles. The number of thiocarbonyl (C=S) groups is 1. The Bertz CT molecular complexity index is 550. The van der Waals surface area contributed by atoms with Gasteiger partial charge in [-0.1, -0.05) is 42.5 Å². The van der Waals surface area contributed by atoms with Crippen LogP contribution in [0, 0.1) is 0 Å². The van der Waals surface area contributed by atoms with Crippen molar-refractivity contribution in [1.29, 1.82) is 0 Å². The van der Waals surface area contributed by atoms with Crippen LogP contribution in [-0.4, -0.2) is 10.6 Å². The summed E-state index contributed by atoms with van der Waals surface area (Å²) in [6.07, 6.45) is 0.422. The first kappa shape index (κ1) is 9.87. The van der Waals surface area contributed by atoms with Crippen molar-refractivity contribution in [3.63, 3.8) is 0 Å². The molecule has 1 aromatic heterocycles. The predicted octanol–water partition coefficient (Wildman–Crippen LogP) is 3.72. The molecule has 0 fully saturated rings. The molecule has 78 valence electrons. The minimum absolute atomic E-state index is 0.165. The number of benzene rings is 1. The van der Waals surface area contributed by atoms with Gasteiger partial charge >= 0.3 is 0 Å².